The van der Waals surface area contributed by atoms with Crippen LogP contribution >= 0.6 is 0 Å². The summed E-state index contributed by atoms with van der Waals surface area (Å²) in [5.41, 5.74) is 23.0. The Balaban J connectivity index is 0.000000830. The lowest BCUT2D eigenvalue weighted by Gasteiger charge is -2.48. The Kier molecular flexibility index (Phi) is 11.4. The fourth-order valence-corrected chi connectivity index (χ4v) is 4.69. The lowest BCUT2D eigenvalue weighted by atomic mass is 9.84. The summed E-state index contributed by atoms with van der Waals surface area (Å²) >= 11 is 0. The summed E-state index contributed by atoms with van der Waals surface area (Å²) in [5.74, 6) is 0. The van der Waals surface area contributed by atoms with Crippen molar-refractivity contribution in [2.45, 2.75) is 99.1 Å². The SMILES string of the molecule is CN[C@@H]1[C@H](O)[C@@H](O[C@@H]2[C@H](O)[C@H](O[C@H]3O[C@H](CN)CC[C@H]3N)[C@@H](N)C[C@H]2N)OC[C@]1(C)O.O=S(=O)(O)O. The van der Waals surface area contributed by atoms with Crippen molar-refractivity contribution in [3.8, 4) is 0 Å². The van der Waals surface area contributed by atoms with Gasteiger partial charge in [-0.05, 0) is 33.2 Å². The minimum Gasteiger partial charge on any atom is -0.388 e. The molecule has 2 saturated heterocycles. The van der Waals surface area contributed by atoms with Crippen molar-refractivity contribution in [3.63, 3.8) is 0 Å². The van der Waals surface area contributed by atoms with E-state index in [1.165, 1.54) is 0 Å². The molecule has 17 heteroatoms. The van der Waals surface area contributed by atoms with Crippen molar-refractivity contribution in [2.75, 3.05) is 20.2 Å². The minimum absolute atomic E-state index is 0.0665. The highest BCUT2D eigenvalue weighted by Crippen LogP contribution is 2.31. The van der Waals surface area contributed by atoms with Crippen LogP contribution in [0.3, 0.4) is 0 Å². The third-order valence-corrected chi connectivity index (χ3v) is 6.55. The molecule has 214 valence electrons. The molecule has 1 aliphatic carbocycles. The molecule has 1 saturated carbocycles. The number of nitrogens with two attached hydrogens (primary N) is 4. The van der Waals surface area contributed by atoms with E-state index in [4.69, 9.17) is 59.4 Å². The number of aliphatic hydroxyl groups excluding tert-OH is 2. The van der Waals surface area contributed by atoms with Crippen LogP contribution < -0.4 is 28.3 Å². The van der Waals surface area contributed by atoms with Gasteiger partial charge in [-0.3, -0.25) is 9.11 Å². The number of hydrogen-bond acceptors (Lipinski definition) is 14. The van der Waals surface area contributed by atoms with Crippen LogP contribution in [0.15, 0.2) is 0 Å². The molecule has 3 aliphatic rings. The molecule has 3 fully saturated rings. The summed E-state index contributed by atoms with van der Waals surface area (Å²) in [4.78, 5) is 0. The summed E-state index contributed by atoms with van der Waals surface area (Å²) in [7, 11) is -3.04. The van der Waals surface area contributed by atoms with Crippen molar-refractivity contribution in [1.82, 2.24) is 5.32 Å². The van der Waals surface area contributed by atoms with Gasteiger partial charge in [-0.1, -0.05) is 0 Å². The van der Waals surface area contributed by atoms with E-state index >= 15 is 0 Å². The molecule has 0 radical (unpaired) electrons. The van der Waals surface area contributed by atoms with Gasteiger partial charge < -0.3 is 62.5 Å². The van der Waals surface area contributed by atoms with Crippen LogP contribution in [0.25, 0.3) is 0 Å². The van der Waals surface area contributed by atoms with Gasteiger partial charge in [0.15, 0.2) is 12.6 Å². The molecule has 0 aromatic rings. The average Bonchev–Trinajstić information content (AvgIpc) is 2.75. The van der Waals surface area contributed by atoms with Crippen LogP contribution in [0.5, 0.6) is 0 Å². The highest BCUT2D eigenvalue weighted by Gasteiger charge is 2.50. The summed E-state index contributed by atoms with van der Waals surface area (Å²) in [6, 6.07) is -2.26. The molecule has 3 rings (SSSR count). The first kappa shape index (κ1) is 31.6. The van der Waals surface area contributed by atoms with Crippen molar-refractivity contribution < 1.29 is 51.8 Å². The van der Waals surface area contributed by atoms with E-state index in [1.807, 2.05) is 0 Å². The Morgan fingerprint density at radius 3 is 2.03 bits per heavy atom. The van der Waals surface area contributed by atoms with Crippen LogP contribution in [0.4, 0.5) is 0 Å². The predicted molar refractivity (Wildman–Crippen MR) is 125 cm³/mol. The molecule has 0 unspecified atom stereocenters. The molecule has 0 bridgehead atoms. The first-order valence-corrected chi connectivity index (χ1v) is 13.0. The molecule has 36 heavy (non-hydrogen) atoms. The second-order valence-electron chi connectivity index (χ2n) is 9.60. The smallest absolute Gasteiger partial charge is 0.388 e. The second kappa shape index (κ2) is 13.0. The Bertz CT molecular complexity index is 786. The van der Waals surface area contributed by atoms with Crippen LogP contribution in [0.2, 0.25) is 0 Å². The molecular weight excluding hydrogens is 506 g/mol. The lowest BCUT2D eigenvalue weighted by molar-refractivity contribution is -0.306. The Morgan fingerprint density at radius 1 is 1.00 bits per heavy atom. The van der Waals surface area contributed by atoms with Crippen molar-refractivity contribution in [3.05, 3.63) is 0 Å². The third kappa shape index (κ3) is 8.45. The van der Waals surface area contributed by atoms with Gasteiger partial charge in [-0.25, -0.2) is 0 Å². The number of likely N-dealkylation sites (N-methyl/N-ethyl adjacent to an activating group) is 1. The Morgan fingerprint density at radius 2 is 1.53 bits per heavy atom. The normalized spacial score (nSPS) is 46.0. The van der Waals surface area contributed by atoms with Crippen molar-refractivity contribution >= 4 is 10.4 Å². The zero-order chi connectivity index (χ0) is 27.4. The maximum absolute atomic E-state index is 11.0. The van der Waals surface area contributed by atoms with E-state index in [0.717, 1.165) is 6.42 Å². The summed E-state index contributed by atoms with van der Waals surface area (Å²) in [5, 5.41) is 34.9. The molecular formula is C19H41N5O11S. The van der Waals surface area contributed by atoms with Gasteiger partial charge in [0.1, 0.15) is 30.0 Å². The maximum atomic E-state index is 11.0. The highest BCUT2D eigenvalue weighted by atomic mass is 32.3. The van der Waals surface area contributed by atoms with Crippen LogP contribution in [0, 0.1) is 0 Å². The molecule has 12 atom stereocenters. The standard InChI is InChI=1S/C19H39N5O7.H2O4S/c1-19(27)7-28-18(13(26)16(19)24-2)31-15-11(23)5-10(22)14(12(15)25)30-17-9(21)4-3-8(6-20)29-17;1-5(2,3)4/h8-18,24-27H,3-7,20-23H2,1-2H3;(H2,1,2,3,4)/t8-,9+,10-,11+,12+,13-,14+,15-,16+,17+,18+,19-;/m0./s1. The Labute approximate surface area is 210 Å². The summed E-state index contributed by atoms with van der Waals surface area (Å²) < 4.78 is 54.8. The van der Waals surface area contributed by atoms with Crippen molar-refractivity contribution in [2.24, 2.45) is 22.9 Å². The number of ether oxygens (including phenoxy) is 4. The second-order valence-corrected chi connectivity index (χ2v) is 10.5. The van der Waals surface area contributed by atoms with Gasteiger partial charge in [-0.2, -0.15) is 8.42 Å². The zero-order valence-corrected chi connectivity index (χ0v) is 21.1. The quantitative estimate of drug-likeness (QED) is 0.140. The number of hydrogen-bond donors (Lipinski definition) is 10. The van der Waals surface area contributed by atoms with Gasteiger partial charge >= 0.3 is 10.4 Å². The number of aliphatic hydroxyl groups is 3. The Hall–Kier alpha value is -0.610. The first-order chi connectivity index (χ1) is 16.6. The fraction of sp³-hybridized carbons (Fsp3) is 1.00. The monoisotopic (exact) mass is 547 g/mol. The molecule has 14 N–H and O–H groups in total. The predicted octanol–water partition coefficient (Wildman–Crippen LogP) is -4.63. The highest BCUT2D eigenvalue weighted by molar-refractivity contribution is 7.79. The maximum Gasteiger partial charge on any atom is 0.394 e. The van der Waals surface area contributed by atoms with Crippen LogP contribution in [0.1, 0.15) is 26.2 Å². The van der Waals surface area contributed by atoms with Gasteiger partial charge in [0.05, 0.1) is 24.8 Å². The lowest BCUT2D eigenvalue weighted by Crippen LogP contribution is -2.68. The van der Waals surface area contributed by atoms with E-state index in [9.17, 15) is 15.3 Å². The third-order valence-electron chi connectivity index (χ3n) is 6.55. The van der Waals surface area contributed by atoms with E-state index in [2.05, 4.69) is 5.32 Å². The molecule has 2 aliphatic heterocycles. The van der Waals surface area contributed by atoms with E-state index in [0.29, 0.717) is 19.4 Å². The minimum atomic E-state index is -4.67. The average molecular weight is 548 g/mol. The van der Waals surface area contributed by atoms with E-state index in [1.54, 1.807) is 14.0 Å². The molecule has 0 aromatic heterocycles. The molecule has 0 spiro atoms. The topological polar surface area (TPSA) is 288 Å². The zero-order valence-electron chi connectivity index (χ0n) is 20.3. The molecule has 16 nitrogen and oxygen atoms in total. The molecule has 2 heterocycles. The largest absolute Gasteiger partial charge is 0.394 e. The van der Waals surface area contributed by atoms with Gasteiger partial charge in [0.25, 0.3) is 0 Å². The number of nitrogens with one attached hydrogen (secondary N) is 1. The van der Waals surface area contributed by atoms with Gasteiger partial charge in [-0.15, -0.1) is 0 Å². The first-order valence-electron chi connectivity index (χ1n) is 11.6. The summed E-state index contributed by atoms with van der Waals surface area (Å²) in [6.45, 7) is 1.83. The van der Waals surface area contributed by atoms with Crippen LogP contribution in [-0.4, -0.2) is 126 Å². The molecule has 0 aromatic carbocycles. The fourth-order valence-electron chi connectivity index (χ4n) is 4.69. The van der Waals surface area contributed by atoms with E-state index in [-0.39, 0.29) is 18.8 Å². The molecule has 0 amide bonds. The summed E-state index contributed by atoms with van der Waals surface area (Å²) in [6.07, 6.45) is -4.48. The van der Waals surface area contributed by atoms with Gasteiger partial charge in [0.2, 0.25) is 0 Å². The van der Waals surface area contributed by atoms with E-state index < -0.39 is 71.1 Å². The van der Waals surface area contributed by atoms with Crippen molar-refractivity contribution in [1.29, 1.82) is 0 Å². The van der Waals surface area contributed by atoms with Gasteiger partial charge in [0, 0.05) is 18.6 Å². The van der Waals surface area contributed by atoms with Crippen LogP contribution in [-0.2, 0) is 29.3 Å². The number of rotatable bonds is 6.